The number of carbonyl (C=O) groups is 1. The third kappa shape index (κ3) is 2.79. The van der Waals surface area contributed by atoms with Crippen molar-refractivity contribution in [3.8, 4) is 11.5 Å². The van der Waals surface area contributed by atoms with Crippen LogP contribution in [0.3, 0.4) is 0 Å². The lowest BCUT2D eigenvalue weighted by Crippen LogP contribution is -2.42. The van der Waals surface area contributed by atoms with Crippen LogP contribution in [-0.4, -0.2) is 37.1 Å². The zero-order chi connectivity index (χ0) is 16.6. The quantitative estimate of drug-likeness (QED) is 0.851. The molecule has 1 saturated carbocycles. The van der Waals surface area contributed by atoms with Gasteiger partial charge in [-0.25, -0.2) is 0 Å². The minimum atomic E-state index is 0.114. The third-order valence-corrected chi connectivity index (χ3v) is 5.58. The van der Waals surface area contributed by atoms with Gasteiger partial charge in [0.05, 0.1) is 14.2 Å². The largest absolute Gasteiger partial charge is 0.496 e. The van der Waals surface area contributed by atoms with Crippen LogP contribution in [0.4, 0.5) is 0 Å². The molecule has 3 atom stereocenters. The molecule has 0 spiro atoms. The van der Waals surface area contributed by atoms with Gasteiger partial charge in [0.2, 0.25) is 0 Å². The van der Waals surface area contributed by atoms with E-state index in [1.807, 2.05) is 19.1 Å². The molecule has 1 aromatic rings. The van der Waals surface area contributed by atoms with Crippen LogP contribution in [0, 0.1) is 12.8 Å². The Bertz CT molecular complexity index is 573. The van der Waals surface area contributed by atoms with Gasteiger partial charge in [0.15, 0.2) is 0 Å². The first kappa shape index (κ1) is 16.2. The molecule has 2 aliphatic rings. The van der Waals surface area contributed by atoms with E-state index in [4.69, 9.17) is 9.47 Å². The molecule has 4 heteroatoms. The maximum absolute atomic E-state index is 13.2. The van der Waals surface area contributed by atoms with E-state index in [0.717, 1.165) is 18.4 Å². The van der Waals surface area contributed by atoms with Crippen LogP contribution in [0.25, 0.3) is 0 Å². The fourth-order valence-corrected chi connectivity index (χ4v) is 4.42. The van der Waals surface area contributed by atoms with Crippen molar-refractivity contribution in [3.05, 3.63) is 23.3 Å². The third-order valence-electron chi connectivity index (χ3n) is 5.58. The van der Waals surface area contributed by atoms with E-state index in [-0.39, 0.29) is 5.91 Å². The maximum Gasteiger partial charge on any atom is 0.254 e. The second-order valence-electron chi connectivity index (χ2n) is 6.91. The smallest absolute Gasteiger partial charge is 0.254 e. The molecule has 0 bridgehead atoms. The number of rotatable bonds is 3. The molecule has 0 N–H and O–H groups in total. The summed E-state index contributed by atoms with van der Waals surface area (Å²) in [6.07, 6.45) is 6.08. The second-order valence-corrected chi connectivity index (χ2v) is 6.91. The standard InChI is InChI=1S/C19H27NO3/c1-12-9-14-7-5-6-8-16(14)20(12)19(21)15-10-17(22-3)13(2)18(11-15)23-4/h10-12,14,16H,5-9H2,1-4H3. The summed E-state index contributed by atoms with van der Waals surface area (Å²) in [5, 5.41) is 0. The topological polar surface area (TPSA) is 38.8 Å². The zero-order valence-corrected chi connectivity index (χ0v) is 14.6. The molecular formula is C19H27NO3. The van der Waals surface area contributed by atoms with Gasteiger partial charge in [-0.05, 0) is 51.2 Å². The zero-order valence-electron chi connectivity index (χ0n) is 14.6. The average Bonchev–Trinajstić information content (AvgIpc) is 2.90. The lowest BCUT2D eigenvalue weighted by atomic mass is 9.85. The SMILES string of the molecule is COc1cc(C(=O)N2C(C)CC3CCCCC32)cc(OC)c1C. The Morgan fingerprint density at radius 2 is 1.74 bits per heavy atom. The first-order valence-corrected chi connectivity index (χ1v) is 8.62. The predicted molar refractivity (Wildman–Crippen MR) is 90.3 cm³/mol. The number of hydrogen-bond acceptors (Lipinski definition) is 3. The second kappa shape index (κ2) is 6.42. The van der Waals surface area contributed by atoms with Crippen molar-refractivity contribution in [1.82, 2.24) is 4.90 Å². The van der Waals surface area contributed by atoms with Gasteiger partial charge in [0.1, 0.15) is 11.5 Å². The highest BCUT2D eigenvalue weighted by Gasteiger charge is 2.42. The number of benzene rings is 1. The number of nitrogens with zero attached hydrogens (tertiary/aromatic N) is 1. The summed E-state index contributed by atoms with van der Waals surface area (Å²) >= 11 is 0. The molecule has 3 rings (SSSR count). The minimum absolute atomic E-state index is 0.114. The fraction of sp³-hybridized carbons (Fsp3) is 0.632. The van der Waals surface area contributed by atoms with E-state index in [2.05, 4.69) is 11.8 Å². The fourth-order valence-electron chi connectivity index (χ4n) is 4.42. The summed E-state index contributed by atoms with van der Waals surface area (Å²) in [5.41, 5.74) is 1.60. The molecule has 0 aromatic heterocycles. The summed E-state index contributed by atoms with van der Waals surface area (Å²) in [7, 11) is 3.26. The van der Waals surface area contributed by atoms with Crippen LogP contribution in [0.1, 0.15) is 54.9 Å². The Morgan fingerprint density at radius 3 is 2.35 bits per heavy atom. The molecule has 1 saturated heterocycles. The van der Waals surface area contributed by atoms with Crippen LogP contribution in [-0.2, 0) is 0 Å². The lowest BCUT2D eigenvalue weighted by molar-refractivity contribution is 0.0633. The Kier molecular flexibility index (Phi) is 4.51. The first-order valence-electron chi connectivity index (χ1n) is 8.62. The Labute approximate surface area is 138 Å². The number of ether oxygens (including phenoxy) is 2. The van der Waals surface area contributed by atoms with Gasteiger partial charge in [0, 0.05) is 23.2 Å². The molecule has 4 nitrogen and oxygen atoms in total. The van der Waals surface area contributed by atoms with E-state index in [9.17, 15) is 4.79 Å². The van der Waals surface area contributed by atoms with Gasteiger partial charge < -0.3 is 14.4 Å². The van der Waals surface area contributed by atoms with Crippen LogP contribution in [0.15, 0.2) is 12.1 Å². The summed E-state index contributed by atoms with van der Waals surface area (Å²) in [6.45, 7) is 4.13. The van der Waals surface area contributed by atoms with E-state index < -0.39 is 0 Å². The Morgan fingerprint density at radius 1 is 1.13 bits per heavy atom. The molecule has 1 aliphatic heterocycles. The Hall–Kier alpha value is -1.71. The van der Waals surface area contributed by atoms with Crippen molar-refractivity contribution in [2.75, 3.05) is 14.2 Å². The number of likely N-dealkylation sites (tertiary alicyclic amines) is 1. The number of hydrogen-bond donors (Lipinski definition) is 0. The van der Waals surface area contributed by atoms with Crippen LogP contribution in [0.2, 0.25) is 0 Å². The van der Waals surface area contributed by atoms with Crippen LogP contribution < -0.4 is 9.47 Å². The van der Waals surface area contributed by atoms with Gasteiger partial charge >= 0.3 is 0 Å². The van der Waals surface area contributed by atoms with E-state index in [0.29, 0.717) is 35.1 Å². The predicted octanol–water partition coefficient (Wildman–Crippen LogP) is 3.81. The van der Waals surface area contributed by atoms with Gasteiger partial charge in [0.25, 0.3) is 5.91 Å². The molecule has 1 amide bonds. The molecule has 1 heterocycles. The maximum atomic E-state index is 13.2. The lowest BCUT2D eigenvalue weighted by Gasteiger charge is -2.33. The normalized spacial score (nSPS) is 26.8. The summed E-state index contributed by atoms with van der Waals surface area (Å²) < 4.78 is 10.8. The van der Waals surface area contributed by atoms with Crippen molar-refractivity contribution < 1.29 is 14.3 Å². The average molecular weight is 317 g/mol. The highest BCUT2D eigenvalue weighted by molar-refractivity contribution is 5.96. The van der Waals surface area contributed by atoms with Crippen molar-refractivity contribution in [3.63, 3.8) is 0 Å². The molecule has 23 heavy (non-hydrogen) atoms. The molecule has 126 valence electrons. The number of amides is 1. The monoisotopic (exact) mass is 317 g/mol. The highest BCUT2D eigenvalue weighted by Crippen LogP contribution is 2.41. The van der Waals surface area contributed by atoms with Gasteiger partial charge in [-0.1, -0.05) is 12.8 Å². The van der Waals surface area contributed by atoms with Crippen molar-refractivity contribution in [2.45, 2.75) is 58.0 Å². The minimum Gasteiger partial charge on any atom is -0.496 e. The summed E-state index contributed by atoms with van der Waals surface area (Å²) in [4.78, 5) is 15.3. The Balaban J connectivity index is 1.93. The number of fused-ring (bicyclic) bond motifs is 1. The number of methoxy groups -OCH3 is 2. The summed E-state index contributed by atoms with van der Waals surface area (Å²) in [6, 6.07) is 4.42. The van der Waals surface area contributed by atoms with Crippen LogP contribution >= 0.6 is 0 Å². The number of carbonyl (C=O) groups excluding carboxylic acids is 1. The van der Waals surface area contributed by atoms with Crippen molar-refractivity contribution in [1.29, 1.82) is 0 Å². The molecule has 1 aromatic carbocycles. The van der Waals surface area contributed by atoms with Crippen LogP contribution in [0.5, 0.6) is 11.5 Å². The molecule has 1 aliphatic carbocycles. The van der Waals surface area contributed by atoms with Crippen molar-refractivity contribution in [2.24, 2.45) is 5.92 Å². The molecule has 2 fully saturated rings. The van der Waals surface area contributed by atoms with E-state index in [1.54, 1.807) is 14.2 Å². The van der Waals surface area contributed by atoms with Crippen molar-refractivity contribution >= 4 is 5.91 Å². The van der Waals surface area contributed by atoms with Gasteiger partial charge in [-0.3, -0.25) is 4.79 Å². The first-order chi connectivity index (χ1) is 11.1. The molecule has 0 radical (unpaired) electrons. The molecule has 3 unspecified atom stereocenters. The highest BCUT2D eigenvalue weighted by atomic mass is 16.5. The van der Waals surface area contributed by atoms with Gasteiger partial charge in [-0.2, -0.15) is 0 Å². The summed E-state index contributed by atoms with van der Waals surface area (Å²) in [5.74, 6) is 2.21. The van der Waals surface area contributed by atoms with E-state index >= 15 is 0 Å². The van der Waals surface area contributed by atoms with E-state index in [1.165, 1.54) is 19.3 Å². The molecular weight excluding hydrogens is 290 g/mol. The van der Waals surface area contributed by atoms with Gasteiger partial charge in [-0.15, -0.1) is 0 Å².